The van der Waals surface area contributed by atoms with E-state index in [4.69, 9.17) is 17.3 Å². The molecule has 0 spiro atoms. The molecule has 0 saturated carbocycles. The van der Waals surface area contributed by atoms with Crippen molar-refractivity contribution >= 4 is 28.2 Å². The van der Waals surface area contributed by atoms with Crippen LogP contribution in [0.5, 0.6) is 0 Å². The van der Waals surface area contributed by atoms with Gasteiger partial charge in [-0.3, -0.25) is 0 Å². The summed E-state index contributed by atoms with van der Waals surface area (Å²) < 4.78 is 38.0. The number of hydrogen-bond donors (Lipinski definition) is 1. The van der Waals surface area contributed by atoms with E-state index in [0.717, 1.165) is 6.07 Å². The second-order valence-electron chi connectivity index (χ2n) is 3.27. The normalized spacial score (nSPS) is 12.0. The van der Waals surface area contributed by atoms with Gasteiger partial charge in [0.15, 0.2) is 0 Å². The van der Waals surface area contributed by atoms with Crippen LogP contribution in [0.15, 0.2) is 24.3 Å². The van der Waals surface area contributed by atoms with Gasteiger partial charge in [0.1, 0.15) is 5.15 Å². The van der Waals surface area contributed by atoms with Gasteiger partial charge in [-0.15, -0.1) is 0 Å². The zero-order chi connectivity index (χ0) is 11.9. The van der Waals surface area contributed by atoms with Crippen molar-refractivity contribution in [2.45, 2.75) is 6.18 Å². The van der Waals surface area contributed by atoms with E-state index in [2.05, 4.69) is 4.98 Å². The van der Waals surface area contributed by atoms with Crippen molar-refractivity contribution in [3.8, 4) is 0 Å². The molecule has 84 valence electrons. The molecule has 2 rings (SSSR count). The first-order valence-corrected chi connectivity index (χ1v) is 4.69. The number of pyridine rings is 1. The lowest BCUT2D eigenvalue weighted by molar-refractivity contribution is -0.136. The molecule has 0 aliphatic carbocycles. The third kappa shape index (κ3) is 1.90. The van der Waals surface area contributed by atoms with Crippen LogP contribution in [0.25, 0.3) is 10.9 Å². The highest BCUT2D eigenvalue weighted by Crippen LogP contribution is 2.36. The number of nitrogens with zero attached hydrogens (tertiary/aromatic N) is 1. The molecular formula is C10H6ClF3N2. The Morgan fingerprint density at radius 1 is 1.19 bits per heavy atom. The summed E-state index contributed by atoms with van der Waals surface area (Å²) in [5.74, 6) is 0. The molecule has 0 amide bonds. The summed E-state index contributed by atoms with van der Waals surface area (Å²) in [5, 5.41) is -0.212. The molecule has 0 fully saturated rings. The Morgan fingerprint density at radius 3 is 2.50 bits per heavy atom. The molecule has 1 aromatic heterocycles. The first kappa shape index (κ1) is 11.0. The Labute approximate surface area is 93.8 Å². The van der Waals surface area contributed by atoms with E-state index in [9.17, 15) is 13.2 Å². The van der Waals surface area contributed by atoms with Gasteiger partial charge in [-0.2, -0.15) is 13.2 Å². The Morgan fingerprint density at radius 2 is 1.88 bits per heavy atom. The molecule has 1 heterocycles. The molecule has 0 radical (unpaired) electrons. The van der Waals surface area contributed by atoms with Crippen LogP contribution in [0.2, 0.25) is 5.15 Å². The number of halogens is 4. The third-order valence-corrected chi connectivity index (χ3v) is 2.30. The largest absolute Gasteiger partial charge is 0.417 e. The number of anilines is 1. The summed E-state index contributed by atoms with van der Waals surface area (Å²) in [4.78, 5) is 3.80. The molecule has 1 aromatic carbocycles. The maximum atomic E-state index is 12.7. The van der Waals surface area contributed by atoms with Gasteiger partial charge in [0.2, 0.25) is 0 Å². The summed E-state index contributed by atoms with van der Waals surface area (Å²) in [5.41, 5.74) is 5.15. The van der Waals surface area contributed by atoms with Crippen molar-refractivity contribution < 1.29 is 13.2 Å². The van der Waals surface area contributed by atoms with E-state index in [1.807, 2.05) is 0 Å². The fourth-order valence-electron chi connectivity index (χ4n) is 1.45. The van der Waals surface area contributed by atoms with Gasteiger partial charge in [-0.25, -0.2) is 4.98 Å². The fraction of sp³-hybridized carbons (Fsp3) is 0.100. The predicted molar refractivity (Wildman–Crippen MR) is 56.2 cm³/mol. The van der Waals surface area contributed by atoms with Crippen molar-refractivity contribution in [3.05, 3.63) is 35.0 Å². The van der Waals surface area contributed by atoms with Crippen molar-refractivity contribution in [1.82, 2.24) is 4.98 Å². The van der Waals surface area contributed by atoms with Gasteiger partial charge in [-0.05, 0) is 18.2 Å². The predicted octanol–water partition coefficient (Wildman–Crippen LogP) is 3.49. The average molecular weight is 247 g/mol. The Balaban J connectivity index is 2.83. The van der Waals surface area contributed by atoms with Crippen molar-refractivity contribution in [2.75, 3.05) is 5.73 Å². The Bertz CT molecular complexity index is 546. The second kappa shape index (κ2) is 3.52. The van der Waals surface area contributed by atoms with Crippen LogP contribution in [0, 0.1) is 0 Å². The molecule has 0 aliphatic rings. The van der Waals surface area contributed by atoms with E-state index in [1.54, 1.807) is 0 Å². The number of fused-ring (bicyclic) bond motifs is 1. The molecule has 0 unspecified atom stereocenters. The minimum atomic E-state index is -4.46. The van der Waals surface area contributed by atoms with Crippen LogP contribution in [0.1, 0.15) is 5.56 Å². The molecule has 6 heteroatoms. The van der Waals surface area contributed by atoms with Crippen LogP contribution < -0.4 is 5.73 Å². The second-order valence-corrected chi connectivity index (χ2v) is 3.65. The molecule has 2 N–H and O–H groups in total. The number of nitrogen functional groups attached to an aromatic ring is 1. The number of alkyl halides is 3. The highest BCUT2D eigenvalue weighted by molar-refractivity contribution is 6.30. The monoisotopic (exact) mass is 246 g/mol. The van der Waals surface area contributed by atoms with Gasteiger partial charge >= 0.3 is 6.18 Å². The lowest BCUT2D eigenvalue weighted by atomic mass is 10.1. The zero-order valence-corrected chi connectivity index (χ0v) is 8.60. The Kier molecular flexibility index (Phi) is 2.42. The van der Waals surface area contributed by atoms with E-state index >= 15 is 0 Å². The molecule has 2 nitrogen and oxygen atoms in total. The lowest BCUT2D eigenvalue weighted by Gasteiger charge is -2.10. The summed E-state index contributed by atoms with van der Waals surface area (Å²) in [7, 11) is 0. The van der Waals surface area contributed by atoms with Crippen molar-refractivity contribution in [2.24, 2.45) is 0 Å². The molecule has 16 heavy (non-hydrogen) atoms. The van der Waals surface area contributed by atoms with E-state index in [1.165, 1.54) is 18.2 Å². The van der Waals surface area contributed by atoms with Crippen LogP contribution in [-0.2, 0) is 6.18 Å². The SMILES string of the molecule is Nc1ccc2c(C(F)(F)F)cc(Cl)nc2c1. The van der Waals surface area contributed by atoms with Gasteiger partial charge in [-0.1, -0.05) is 17.7 Å². The highest BCUT2D eigenvalue weighted by atomic mass is 35.5. The quantitative estimate of drug-likeness (QED) is 0.571. The summed E-state index contributed by atoms with van der Waals surface area (Å²) in [6.45, 7) is 0. The lowest BCUT2D eigenvalue weighted by Crippen LogP contribution is -2.06. The zero-order valence-electron chi connectivity index (χ0n) is 7.85. The summed E-state index contributed by atoms with van der Waals surface area (Å²) in [6, 6.07) is 4.85. The highest BCUT2D eigenvalue weighted by Gasteiger charge is 2.33. The minimum Gasteiger partial charge on any atom is -0.399 e. The standard InChI is InChI=1S/C10H6ClF3N2/c11-9-4-7(10(12,13)14)6-2-1-5(15)3-8(6)16-9/h1-4H,15H2. The van der Waals surface area contributed by atoms with E-state index in [-0.39, 0.29) is 16.1 Å². The molecular weight excluding hydrogens is 241 g/mol. The number of aromatic nitrogens is 1. The maximum absolute atomic E-state index is 12.7. The summed E-state index contributed by atoms with van der Waals surface area (Å²) >= 11 is 5.53. The van der Waals surface area contributed by atoms with E-state index < -0.39 is 11.7 Å². The topological polar surface area (TPSA) is 38.9 Å². The first-order valence-electron chi connectivity index (χ1n) is 4.31. The van der Waals surface area contributed by atoms with E-state index in [0.29, 0.717) is 5.69 Å². The molecule has 0 atom stereocenters. The van der Waals surface area contributed by atoms with Gasteiger partial charge in [0.25, 0.3) is 0 Å². The fourth-order valence-corrected chi connectivity index (χ4v) is 1.65. The first-order chi connectivity index (χ1) is 7.38. The van der Waals surface area contributed by atoms with Crippen molar-refractivity contribution in [1.29, 1.82) is 0 Å². The Hall–Kier alpha value is -1.49. The molecule has 0 aliphatic heterocycles. The third-order valence-electron chi connectivity index (χ3n) is 2.11. The molecule has 2 aromatic rings. The van der Waals surface area contributed by atoms with Crippen molar-refractivity contribution in [3.63, 3.8) is 0 Å². The smallest absolute Gasteiger partial charge is 0.399 e. The maximum Gasteiger partial charge on any atom is 0.417 e. The minimum absolute atomic E-state index is 0.00824. The number of hydrogen-bond acceptors (Lipinski definition) is 2. The van der Waals surface area contributed by atoms with Gasteiger partial charge in [0.05, 0.1) is 11.1 Å². The number of rotatable bonds is 0. The van der Waals surface area contributed by atoms with Crippen LogP contribution in [0.4, 0.5) is 18.9 Å². The summed E-state index contributed by atoms with van der Waals surface area (Å²) in [6.07, 6.45) is -4.46. The van der Waals surface area contributed by atoms with Crippen LogP contribution in [0.3, 0.4) is 0 Å². The molecule has 0 bridgehead atoms. The van der Waals surface area contributed by atoms with Gasteiger partial charge in [0, 0.05) is 11.1 Å². The van der Waals surface area contributed by atoms with Crippen LogP contribution >= 0.6 is 11.6 Å². The molecule has 0 saturated heterocycles. The number of benzene rings is 1. The number of nitrogens with two attached hydrogens (primary N) is 1. The van der Waals surface area contributed by atoms with Crippen LogP contribution in [-0.4, -0.2) is 4.98 Å². The average Bonchev–Trinajstić information content (AvgIpc) is 2.14. The van der Waals surface area contributed by atoms with Gasteiger partial charge < -0.3 is 5.73 Å².